The van der Waals surface area contributed by atoms with Gasteiger partial charge in [-0.15, -0.1) is 0 Å². The number of carbonyl (C=O) groups excluding carboxylic acids is 1. The smallest absolute Gasteiger partial charge is 0.306 e. The largest absolute Gasteiger partial charge is 0.481 e. The Hall–Kier alpha value is -1.06. The Bertz CT molecular complexity index is 315. The van der Waals surface area contributed by atoms with E-state index in [4.69, 9.17) is 5.11 Å². The zero-order valence-corrected chi connectivity index (χ0v) is 12.9. The van der Waals surface area contributed by atoms with Crippen LogP contribution in [0.1, 0.15) is 65.2 Å². The Balaban J connectivity index is 2.02. The van der Waals surface area contributed by atoms with Gasteiger partial charge in [-0.2, -0.15) is 0 Å². The molecule has 1 fully saturated rings. The van der Waals surface area contributed by atoms with Crippen molar-refractivity contribution in [2.24, 2.45) is 17.8 Å². The molecule has 0 bridgehead atoms. The molecule has 116 valence electrons. The summed E-state index contributed by atoms with van der Waals surface area (Å²) in [5, 5.41) is 11.9. The van der Waals surface area contributed by atoms with Gasteiger partial charge in [-0.05, 0) is 31.6 Å². The number of carbonyl (C=O) groups is 2. The molecule has 0 aromatic heterocycles. The van der Waals surface area contributed by atoms with Gasteiger partial charge in [-0.3, -0.25) is 9.59 Å². The summed E-state index contributed by atoms with van der Waals surface area (Å²) in [7, 11) is 0. The fourth-order valence-electron chi connectivity index (χ4n) is 2.83. The third-order valence-electron chi connectivity index (χ3n) is 4.16. The van der Waals surface area contributed by atoms with Crippen LogP contribution in [0, 0.1) is 17.8 Å². The third kappa shape index (κ3) is 6.40. The van der Waals surface area contributed by atoms with Crippen LogP contribution in [0.15, 0.2) is 0 Å². The van der Waals surface area contributed by atoms with E-state index in [1.165, 1.54) is 19.3 Å². The van der Waals surface area contributed by atoms with Gasteiger partial charge in [0, 0.05) is 12.5 Å². The number of rotatable bonds is 9. The number of aliphatic carboxylic acids is 1. The lowest BCUT2D eigenvalue weighted by molar-refractivity contribution is -0.141. The van der Waals surface area contributed by atoms with Gasteiger partial charge >= 0.3 is 5.97 Å². The SMILES string of the molecule is CC(C)CCCCCCNC(=O)C1CCC(C(=O)O)C1. The number of carboxylic acid groups (broad SMARTS) is 1. The van der Waals surface area contributed by atoms with Crippen molar-refractivity contribution in [1.82, 2.24) is 5.32 Å². The molecule has 20 heavy (non-hydrogen) atoms. The van der Waals surface area contributed by atoms with E-state index in [2.05, 4.69) is 19.2 Å². The summed E-state index contributed by atoms with van der Waals surface area (Å²) in [4.78, 5) is 22.7. The van der Waals surface area contributed by atoms with Crippen molar-refractivity contribution in [3.8, 4) is 0 Å². The van der Waals surface area contributed by atoms with E-state index in [0.717, 1.165) is 31.7 Å². The van der Waals surface area contributed by atoms with Crippen LogP contribution in [-0.4, -0.2) is 23.5 Å². The van der Waals surface area contributed by atoms with Gasteiger partial charge in [0.05, 0.1) is 5.92 Å². The van der Waals surface area contributed by atoms with Crippen LogP contribution >= 0.6 is 0 Å². The lowest BCUT2D eigenvalue weighted by atomic mass is 10.0. The monoisotopic (exact) mass is 283 g/mol. The summed E-state index contributed by atoms with van der Waals surface area (Å²) >= 11 is 0. The minimum Gasteiger partial charge on any atom is -0.481 e. The Labute approximate surface area is 122 Å². The predicted molar refractivity (Wildman–Crippen MR) is 79.4 cm³/mol. The molecule has 2 atom stereocenters. The normalized spacial score (nSPS) is 22.1. The van der Waals surface area contributed by atoms with Gasteiger partial charge < -0.3 is 10.4 Å². The van der Waals surface area contributed by atoms with Crippen molar-refractivity contribution in [2.75, 3.05) is 6.54 Å². The minimum atomic E-state index is -0.759. The predicted octanol–water partition coefficient (Wildman–Crippen LogP) is 3.21. The van der Waals surface area contributed by atoms with Gasteiger partial charge in [0.1, 0.15) is 0 Å². The van der Waals surface area contributed by atoms with Crippen molar-refractivity contribution in [1.29, 1.82) is 0 Å². The molecule has 1 aliphatic carbocycles. The first-order valence-electron chi connectivity index (χ1n) is 8.01. The van der Waals surface area contributed by atoms with Crippen LogP contribution in [0.25, 0.3) is 0 Å². The molecule has 1 amide bonds. The lowest BCUT2D eigenvalue weighted by Crippen LogP contribution is -2.30. The second-order valence-corrected chi connectivity index (χ2v) is 6.43. The second-order valence-electron chi connectivity index (χ2n) is 6.43. The van der Waals surface area contributed by atoms with E-state index in [0.29, 0.717) is 12.8 Å². The van der Waals surface area contributed by atoms with Crippen molar-refractivity contribution in [3.63, 3.8) is 0 Å². The summed E-state index contributed by atoms with van der Waals surface area (Å²) in [5.41, 5.74) is 0. The molecule has 4 nitrogen and oxygen atoms in total. The number of hydrogen-bond donors (Lipinski definition) is 2. The highest BCUT2D eigenvalue weighted by molar-refractivity contribution is 5.80. The molecule has 2 unspecified atom stereocenters. The molecule has 1 aliphatic rings. The second kappa shape index (κ2) is 8.98. The van der Waals surface area contributed by atoms with E-state index in [9.17, 15) is 9.59 Å². The lowest BCUT2D eigenvalue weighted by Gasteiger charge is -2.10. The third-order valence-corrected chi connectivity index (χ3v) is 4.16. The summed E-state index contributed by atoms with van der Waals surface area (Å²) in [6, 6.07) is 0. The Morgan fingerprint density at radius 2 is 1.75 bits per heavy atom. The zero-order valence-electron chi connectivity index (χ0n) is 12.9. The first kappa shape index (κ1) is 17.0. The molecule has 0 aromatic rings. The molecule has 0 aromatic carbocycles. The van der Waals surface area contributed by atoms with Crippen molar-refractivity contribution in [2.45, 2.75) is 65.2 Å². The van der Waals surface area contributed by atoms with Crippen LogP contribution in [0.4, 0.5) is 0 Å². The molecule has 0 aliphatic heterocycles. The Morgan fingerprint density at radius 1 is 1.10 bits per heavy atom. The molecule has 0 radical (unpaired) electrons. The van der Waals surface area contributed by atoms with Crippen molar-refractivity contribution in [3.05, 3.63) is 0 Å². The Morgan fingerprint density at radius 3 is 2.35 bits per heavy atom. The highest BCUT2D eigenvalue weighted by atomic mass is 16.4. The van der Waals surface area contributed by atoms with Gasteiger partial charge in [-0.25, -0.2) is 0 Å². The van der Waals surface area contributed by atoms with E-state index in [1.54, 1.807) is 0 Å². The maximum atomic E-state index is 11.9. The summed E-state index contributed by atoms with van der Waals surface area (Å²) in [5.74, 6) is -0.334. The van der Waals surface area contributed by atoms with E-state index < -0.39 is 5.97 Å². The van der Waals surface area contributed by atoms with Crippen LogP contribution < -0.4 is 5.32 Å². The molecule has 2 N–H and O–H groups in total. The summed E-state index contributed by atoms with van der Waals surface area (Å²) < 4.78 is 0. The molecule has 4 heteroatoms. The highest BCUT2D eigenvalue weighted by Crippen LogP contribution is 2.31. The number of hydrogen-bond acceptors (Lipinski definition) is 2. The van der Waals surface area contributed by atoms with Crippen molar-refractivity contribution < 1.29 is 14.7 Å². The fraction of sp³-hybridized carbons (Fsp3) is 0.875. The van der Waals surface area contributed by atoms with E-state index >= 15 is 0 Å². The van der Waals surface area contributed by atoms with Crippen LogP contribution in [0.3, 0.4) is 0 Å². The van der Waals surface area contributed by atoms with Gasteiger partial charge in [0.2, 0.25) is 5.91 Å². The van der Waals surface area contributed by atoms with Crippen LogP contribution in [0.5, 0.6) is 0 Å². The summed E-state index contributed by atoms with van der Waals surface area (Å²) in [6.45, 7) is 5.22. The Kier molecular flexibility index (Phi) is 7.63. The number of nitrogens with one attached hydrogen (secondary N) is 1. The van der Waals surface area contributed by atoms with E-state index in [-0.39, 0.29) is 17.7 Å². The quantitative estimate of drug-likeness (QED) is 0.639. The number of carboxylic acids is 1. The van der Waals surface area contributed by atoms with Gasteiger partial charge in [0.25, 0.3) is 0 Å². The molecule has 0 spiro atoms. The average Bonchev–Trinajstić information content (AvgIpc) is 2.86. The first-order valence-corrected chi connectivity index (χ1v) is 8.01. The van der Waals surface area contributed by atoms with Crippen LogP contribution in [-0.2, 0) is 9.59 Å². The average molecular weight is 283 g/mol. The molecule has 0 saturated heterocycles. The molecule has 0 heterocycles. The number of unbranched alkanes of at least 4 members (excludes halogenated alkanes) is 3. The van der Waals surface area contributed by atoms with Gasteiger partial charge in [-0.1, -0.05) is 39.5 Å². The topological polar surface area (TPSA) is 66.4 Å². The highest BCUT2D eigenvalue weighted by Gasteiger charge is 2.33. The van der Waals surface area contributed by atoms with Gasteiger partial charge in [0.15, 0.2) is 0 Å². The number of amides is 1. The zero-order chi connectivity index (χ0) is 15.0. The molecular formula is C16H29NO3. The molecular weight excluding hydrogens is 254 g/mol. The first-order chi connectivity index (χ1) is 9.50. The maximum Gasteiger partial charge on any atom is 0.306 e. The minimum absolute atomic E-state index is 0.0518. The maximum absolute atomic E-state index is 11.9. The molecule has 1 saturated carbocycles. The molecule has 1 rings (SSSR count). The fourth-order valence-corrected chi connectivity index (χ4v) is 2.83. The standard InChI is InChI=1S/C16H29NO3/c1-12(2)7-5-3-4-6-10-17-15(18)13-8-9-14(11-13)16(19)20/h12-14H,3-11H2,1-2H3,(H,17,18)(H,19,20). The van der Waals surface area contributed by atoms with Crippen LogP contribution in [0.2, 0.25) is 0 Å². The van der Waals surface area contributed by atoms with Crippen molar-refractivity contribution >= 4 is 11.9 Å². The summed E-state index contributed by atoms with van der Waals surface area (Å²) in [6.07, 6.45) is 7.85. The van der Waals surface area contributed by atoms with E-state index in [1.807, 2.05) is 0 Å².